The number of hydrogen-bond donors (Lipinski definition) is 2. The Balaban J connectivity index is 2.48. The number of carboxylic acid groups (broad SMARTS) is 1. The van der Waals surface area contributed by atoms with Crippen LogP contribution >= 0.6 is 11.6 Å². The van der Waals surface area contributed by atoms with Gasteiger partial charge in [-0.1, -0.05) is 17.7 Å². The van der Waals surface area contributed by atoms with Crippen LogP contribution < -0.4 is 5.32 Å². The molecule has 1 aromatic rings. The Morgan fingerprint density at radius 1 is 1.42 bits per heavy atom. The van der Waals surface area contributed by atoms with Crippen molar-refractivity contribution in [1.29, 1.82) is 0 Å². The van der Waals surface area contributed by atoms with E-state index in [0.29, 0.717) is 6.42 Å². The highest BCUT2D eigenvalue weighted by Crippen LogP contribution is 2.20. The average molecular weight is 286 g/mol. The second-order valence-electron chi connectivity index (χ2n) is 3.76. The van der Waals surface area contributed by atoms with Crippen LogP contribution in [0.2, 0.25) is 5.02 Å². The van der Waals surface area contributed by atoms with Crippen LogP contribution in [0.3, 0.4) is 0 Å². The molecule has 2 N–H and O–H groups in total. The molecule has 1 aromatic carbocycles. The fourth-order valence-electron chi connectivity index (χ4n) is 1.34. The number of amides is 1. The highest BCUT2D eigenvalue weighted by Gasteiger charge is 2.04. The maximum atomic E-state index is 13.4. The van der Waals surface area contributed by atoms with Crippen molar-refractivity contribution in [2.75, 3.05) is 6.54 Å². The van der Waals surface area contributed by atoms with E-state index in [1.54, 1.807) is 0 Å². The monoisotopic (exact) mass is 285 g/mol. The molecule has 0 atom stereocenters. The number of halogens is 2. The van der Waals surface area contributed by atoms with E-state index in [4.69, 9.17) is 16.7 Å². The number of benzene rings is 1. The highest BCUT2D eigenvalue weighted by atomic mass is 35.5. The molecular weight excluding hydrogens is 273 g/mol. The van der Waals surface area contributed by atoms with Crippen molar-refractivity contribution in [2.45, 2.75) is 12.8 Å². The number of rotatable bonds is 6. The maximum absolute atomic E-state index is 13.4. The summed E-state index contributed by atoms with van der Waals surface area (Å²) in [5.74, 6) is -1.85. The Hall–Kier alpha value is -1.88. The van der Waals surface area contributed by atoms with E-state index >= 15 is 0 Å². The van der Waals surface area contributed by atoms with Crippen LogP contribution in [-0.2, 0) is 9.59 Å². The van der Waals surface area contributed by atoms with Crippen molar-refractivity contribution in [1.82, 2.24) is 5.32 Å². The second-order valence-corrected chi connectivity index (χ2v) is 4.16. The Kier molecular flexibility index (Phi) is 6.02. The number of carbonyl (C=O) groups is 2. The molecule has 0 radical (unpaired) electrons. The molecule has 19 heavy (non-hydrogen) atoms. The molecule has 0 aliphatic carbocycles. The van der Waals surface area contributed by atoms with Gasteiger partial charge in [0.05, 0.1) is 5.02 Å². The van der Waals surface area contributed by atoms with Gasteiger partial charge in [0, 0.05) is 24.6 Å². The summed E-state index contributed by atoms with van der Waals surface area (Å²) in [5.41, 5.74) is 0.143. The van der Waals surface area contributed by atoms with E-state index in [-0.39, 0.29) is 23.6 Å². The summed E-state index contributed by atoms with van der Waals surface area (Å²) in [4.78, 5) is 21.6. The molecule has 1 rings (SSSR count). The van der Waals surface area contributed by atoms with Gasteiger partial charge in [-0.15, -0.1) is 0 Å². The molecule has 0 unspecified atom stereocenters. The summed E-state index contributed by atoms with van der Waals surface area (Å²) < 4.78 is 13.4. The summed E-state index contributed by atoms with van der Waals surface area (Å²) in [5, 5.41) is 11.1. The summed E-state index contributed by atoms with van der Waals surface area (Å²) in [6, 6.07) is 4.24. The van der Waals surface area contributed by atoms with Crippen LogP contribution in [0.1, 0.15) is 18.4 Å². The smallest absolute Gasteiger partial charge is 0.303 e. The lowest BCUT2D eigenvalue weighted by Crippen LogP contribution is -2.22. The second kappa shape index (κ2) is 7.53. The molecule has 1 amide bonds. The number of hydrogen-bond acceptors (Lipinski definition) is 2. The third kappa shape index (κ3) is 5.52. The molecule has 0 heterocycles. The molecule has 6 heteroatoms. The van der Waals surface area contributed by atoms with Crippen LogP contribution in [0.4, 0.5) is 4.39 Å². The highest BCUT2D eigenvalue weighted by molar-refractivity contribution is 6.32. The van der Waals surface area contributed by atoms with Crippen molar-refractivity contribution in [3.8, 4) is 0 Å². The molecule has 0 saturated heterocycles. The van der Waals surface area contributed by atoms with Crippen molar-refractivity contribution in [3.63, 3.8) is 0 Å². The lowest BCUT2D eigenvalue weighted by atomic mass is 10.2. The van der Waals surface area contributed by atoms with Crippen molar-refractivity contribution in [2.24, 2.45) is 0 Å². The fourth-order valence-corrected chi connectivity index (χ4v) is 1.57. The van der Waals surface area contributed by atoms with Gasteiger partial charge in [0.15, 0.2) is 0 Å². The number of nitrogens with one attached hydrogen (secondary N) is 1. The zero-order valence-electron chi connectivity index (χ0n) is 10.0. The maximum Gasteiger partial charge on any atom is 0.303 e. The molecule has 0 aliphatic rings. The molecule has 0 saturated carbocycles. The third-order valence-corrected chi connectivity index (χ3v) is 2.60. The van der Waals surface area contributed by atoms with E-state index < -0.39 is 17.7 Å². The molecule has 0 aromatic heterocycles. The lowest BCUT2D eigenvalue weighted by molar-refractivity contribution is -0.137. The van der Waals surface area contributed by atoms with Gasteiger partial charge in [0.1, 0.15) is 5.82 Å². The minimum absolute atomic E-state index is 0.0108. The predicted octanol–water partition coefficient (Wildman–Crippen LogP) is 2.47. The van der Waals surface area contributed by atoms with Gasteiger partial charge >= 0.3 is 5.97 Å². The quantitative estimate of drug-likeness (QED) is 0.623. The molecule has 0 spiro atoms. The topological polar surface area (TPSA) is 66.4 Å². The number of carbonyl (C=O) groups excluding carboxylic acids is 1. The van der Waals surface area contributed by atoms with E-state index in [2.05, 4.69) is 5.32 Å². The fraction of sp³-hybridized carbons (Fsp3) is 0.231. The standard InChI is InChI=1S/C13H13ClFNO3/c14-10-3-1-4-11(15)9(10)6-7-12(17)16-8-2-5-13(18)19/h1,3-4,6-7H,2,5,8H2,(H,16,17)(H,18,19)/b7-6+. The zero-order valence-corrected chi connectivity index (χ0v) is 10.8. The van der Waals surface area contributed by atoms with Gasteiger partial charge in [-0.05, 0) is 24.6 Å². The predicted molar refractivity (Wildman–Crippen MR) is 70.3 cm³/mol. The van der Waals surface area contributed by atoms with E-state index in [1.165, 1.54) is 24.3 Å². The first-order chi connectivity index (χ1) is 9.00. The van der Waals surface area contributed by atoms with Crippen LogP contribution in [-0.4, -0.2) is 23.5 Å². The summed E-state index contributed by atoms with van der Waals surface area (Å²) in [6.45, 7) is 0.250. The molecule has 102 valence electrons. The Bertz CT molecular complexity index is 482. The van der Waals surface area contributed by atoms with Crippen molar-refractivity contribution in [3.05, 3.63) is 40.7 Å². The molecule has 0 fully saturated rings. The Morgan fingerprint density at radius 2 is 2.16 bits per heavy atom. The molecular formula is C13H13ClFNO3. The van der Waals surface area contributed by atoms with Crippen LogP contribution in [0.15, 0.2) is 24.3 Å². The Labute approximate surface area is 114 Å². The van der Waals surface area contributed by atoms with Crippen LogP contribution in [0.5, 0.6) is 0 Å². The first-order valence-electron chi connectivity index (χ1n) is 5.62. The van der Waals surface area contributed by atoms with E-state index in [9.17, 15) is 14.0 Å². The van der Waals surface area contributed by atoms with Gasteiger partial charge in [0.2, 0.25) is 5.91 Å². The summed E-state index contributed by atoms with van der Waals surface area (Å²) in [7, 11) is 0. The third-order valence-electron chi connectivity index (χ3n) is 2.27. The lowest BCUT2D eigenvalue weighted by Gasteiger charge is -2.01. The number of aliphatic carboxylic acids is 1. The largest absolute Gasteiger partial charge is 0.481 e. The van der Waals surface area contributed by atoms with Gasteiger partial charge in [-0.2, -0.15) is 0 Å². The minimum Gasteiger partial charge on any atom is -0.481 e. The summed E-state index contributed by atoms with van der Waals surface area (Å²) in [6.07, 6.45) is 2.77. The minimum atomic E-state index is -0.914. The Morgan fingerprint density at radius 3 is 2.79 bits per heavy atom. The molecule has 0 aliphatic heterocycles. The van der Waals surface area contributed by atoms with Crippen molar-refractivity contribution >= 4 is 29.6 Å². The number of carboxylic acids is 1. The van der Waals surface area contributed by atoms with E-state index in [0.717, 1.165) is 6.08 Å². The van der Waals surface area contributed by atoms with Gasteiger partial charge < -0.3 is 10.4 Å². The van der Waals surface area contributed by atoms with Crippen LogP contribution in [0, 0.1) is 5.82 Å². The molecule has 4 nitrogen and oxygen atoms in total. The van der Waals surface area contributed by atoms with Crippen LogP contribution in [0.25, 0.3) is 6.08 Å². The molecule has 0 bridgehead atoms. The average Bonchev–Trinajstić information content (AvgIpc) is 2.34. The van der Waals surface area contributed by atoms with E-state index in [1.807, 2.05) is 0 Å². The van der Waals surface area contributed by atoms with Crippen molar-refractivity contribution < 1.29 is 19.1 Å². The van der Waals surface area contributed by atoms with Gasteiger partial charge in [0.25, 0.3) is 0 Å². The first kappa shape index (κ1) is 15.2. The normalized spacial score (nSPS) is 10.6. The zero-order chi connectivity index (χ0) is 14.3. The van der Waals surface area contributed by atoms with Gasteiger partial charge in [-0.25, -0.2) is 4.39 Å². The first-order valence-corrected chi connectivity index (χ1v) is 6.00. The SMILES string of the molecule is O=C(O)CCCNC(=O)/C=C/c1c(F)cccc1Cl. The van der Waals surface area contributed by atoms with Gasteiger partial charge in [-0.3, -0.25) is 9.59 Å². The summed E-state index contributed by atoms with van der Waals surface area (Å²) >= 11 is 5.79.